The monoisotopic (exact) mass is 396 g/mol. The summed E-state index contributed by atoms with van der Waals surface area (Å²) in [5.41, 5.74) is 0.935. The average Bonchev–Trinajstić information content (AvgIpc) is 3.00. The first-order chi connectivity index (χ1) is 12.6. The van der Waals surface area contributed by atoms with E-state index < -0.39 is 27.5 Å². The van der Waals surface area contributed by atoms with Gasteiger partial charge in [0.05, 0.1) is 17.1 Å². The number of carbonyl (C=O) groups is 1. The van der Waals surface area contributed by atoms with Crippen LogP contribution < -0.4 is 0 Å². The molecule has 0 atom stereocenters. The van der Waals surface area contributed by atoms with Gasteiger partial charge in [0.15, 0.2) is 9.84 Å². The molecule has 27 heavy (non-hydrogen) atoms. The molecule has 0 spiro atoms. The van der Waals surface area contributed by atoms with Crippen molar-refractivity contribution in [1.82, 2.24) is 0 Å². The van der Waals surface area contributed by atoms with Crippen molar-refractivity contribution in [2.45, 2.75) is 17.5 Å². The molecular weight excluding hydrogens is 381 g/mol. The van der Waals surface area contributed by atoms with Crippen LogP contribution >= 0.6 is 0 Å². The quantitative estimate of drug-likeness (QED) is 0.584. The Morgan fingerprint density at radius 1 is 0.963 bits per heavy atom. The van der Waals surface area contributed by atoms with Crippen molar-refractivity contribution in [2.75, 3.05) is 12.9 Å². The van der Waals surface area contributed by atoms with E-state index in [2.05, 4.69) is 0 Å². The molecule has 0 saturated carbocycles. The normalized spacial score (nSPS) is 17.0. The van der Waals surface area contributed by atoms with Crippen LogP contribution in [0.5, 0.6) is 0 Å². The number of ether oxygens (including phenoxy) is 1. The topological polar surface area (TPSA) is 60.4 Å². The molecule has 1 saturated heterocycles. The van der Waals surface area contributed by atoms with Crippen molar-refractivity contribution in [3.8, 4) is 0 Å². The van der Waals surface area contributed by atoms with Gasteiger partial charge in [0.2, 0.25) is 0 Å². The second kappa shape index (κ2) is 6.84. The Balaban J connectivity index is 2.12. The van der Waals surface area contributed by atoms with E-state index in [9.17, 15) is 26.4 Å². The lowest BCUT2D eigenvalue weighted by molar-refractivity contribution is -0.137. The van der Waals surface area contributed by atoms with Gasteiger partial charge < -0.3 is 4.74 Å². The zero-order valence-electron chi connectivity index (χ0n) is 14.2. The van der Waals surface area contributed by atoms with Crippen molar-refractivity contribution in [3.05, 3.63) is 70.8 Å². The van der Waals surface area contributed by atoms with Crippen LogP contribution in [0.15, 0.2) is 59.0 Å². The third kappa shape index (κ3) is 4.05. The number of carbonyl (C=O) groups excluding carboxylic acids is 1. The number of cyclic esters (lactones) is 1. The predicted molar refractivity (Wildman–Crippen MR) is 92.6 cm³/mol. The van der Waals surface area contributed by atoms with E-state index in [1.54, 1.807) is 0 Å². The van der Waals surface area contributed by atoms with Crippen molar-refractivity contribution in [3.63, 3.8) is 0 Å². The Hall–Kier alpha value is -2.61. The average molecular weight is 396 g/mol. The Morgan fingerprint density at radius 2 is 1.48 bits per heavy atom. The SMILES string of the molecule is CS(=O)(=O)c1ccc(/C(=C2\CCOC2=O)c2ccc(C(F)(F)F)cc2)cc1. The summed E-state index contributed by atoms with van der Waals surface area (Å²) in [5.74, 6) is -0.530. The molecule has 3 rings (SSSR count). The van der Waals surface area contributed by atoms with Crippen molar-refractivity contribution < 1.29 is 31.1 Å². The summed E-state index contributed by atoms with van der Waals surface area (Å²) in [5, 5.41) is 0. The molecule has 1 fully saturated rings. The molecule has 1 heterocycles. The van der Waals surface area contributed by atoms with Crippen LogP contribution in [0, 0.1) is 0 Å². The highest BCUT2D eigenvalue weighted by Crippen LogP contribution is 2.35. The first-order valence-corrected chi connectivity index (χ1v) is 9.85. The third-order valence-corrected chi connectivity index (χ3v) is 5.33. The van der Waals surface area contributed by atoms with Gasteiger partial charge >= 0.3 is 12.1 Å². The van der Waals surface area contributed by atoms with Gasteiger partial charge in [-0.05, 0) is 41.0 Å². The summed E-state index contributed by atoms with van der Waals surface area (Å²) in [6.07, 6.45) is -3.07. The highest BCUT2D eigenvalue weighted by atomic mass is 32.2. The molecule has 1 aliphatic heterocycles. The molecule has 2 aromatic rings. The number of sulfone groups is 1. The molecule has 0 radical (unpaired) electrons. The number of rotatable bonds is 3. The summed E-state index contributed by atoms with van der Waals surface area (Å²) >= 11 is 0. The van der Waals surface area contributed by atoms with Crippen LogP contribution in [-0.2, 0) is 25.5 Å². The van der Waals surface area contributed by atoms with Gasteiger partial charge in [0, 0.05) is 18.2 Å². The fourth-order valence-corrected chi connectivity index (χ4v) is 3.50. The fourth-order valence-electron chi connectivity index (χ4n) is 2.87. The summed E-state index contributed by atoms with van der Waals surface area (Å²) < 4.78 is 66.7. The second-order valence-corrected chi connectivity index (χ2v) is 8.13. The Morgan fingerprint density at radius 3 is 1.89 bits per heavy atom. The lowest BCUT2D eigenvalue weighted by atomic mass is 9.91. The van der Waals surface area contributed by atoms with E-state index in [-0.39, 0.29) is 11.5 Å². The zero-order chi connectivity index (χ0) is 19.8. The Bertz CT molecular complexity index is 1000. The van der Waals surface area contributed by atoms with Crippen LogP contribution in [0.4, 0.5) is 13.2 Å². The third-order valence-electron chi connectivity index (χ3n) is 4.21. The number of hydrogen-bond donors (Lipinski definition) is 0. The minimum absolute atomic E-state index is 0.108. The van der Waals surface area contributed by atoms with Crippen LogP contribution in [0.3, 0.4) is 0 Å². The lowest BCUT2D eigenvalue weighted by Gasteiger charge is -2.13. The molecule has 0 N–H and O–H groups in total. The molecule has 0 aromatic heterocycles. The smallest absolute Gasteiger partial charge is 0.416 e. The van der Waals surface area contributed by atoms with Gasteiger partial charge in [-0.15, -0.1) is 0 Å². The van der Waals surface area contributed by atoms with Gasteiger partial charge in [0.1, 0.15) is 0 Å². The Labute approximate surface area is 154 Å². The van der Waals surface area contributed by atoms with E-state index in [0.717, 1.165) is 18.4 Å². The second-order valence-electron chi connectivity index (χ2n) is 6.11. The van der Waals surface area contributed by atoms with Gasteiger partial charge in [-0.25, -0.2) is 13.2 Å². The number of alkyl halides is 3. The van der Waals surface area contributed by atoms with Crippen LogP contribution in [0.2, 0.25) is 0 Å². The van der Waals surface area contributed by atoms with Gasteiger partial charge in [-0.3, -0.25) is 0 Å². The number of esters is 1. The van der Waals surface area contributed by atoms with Gasteiger partial charge in [-0.1, -0.05) is 24.3 Å². The van der Waals surface area contributed by atoms with E-state index in [4.69, 9.17) is 4.74 Å². The first kappa shape index (κ1) is 19.2. The number of benzene rings is 2. The predicted octanol–water partition coefficient (Wildman–Crippen LogP) is 3.86. The van der Waals surface area contributed by atoms with Crippen LogP contribution in [0.1, 0.15) is 23.1 Å². The molecule has 0 bridgehead atoms. The molecule has 142 valence electrons. The fraction of sp³-hybridized carbons (Fsp3) is 0.211. The molecule has 0 unspecified atom stereocenters. The first-order valence-electron chi connectivity index (χ1n) is 7.96. The minimum Gasteiger partial charge on any atom is -0.462 e. The maximum absolute atomic E-state index is 12.8. The summed E-state index contributed by atoms with van der Waals surface area (Å²) in [6.45, 7) is 0.194. The van der Waals surface area contributed by atoms with E-state index >= 15 is 0 Å². The van der Waals surface area contributed by atoms with Crippen LogP contribution in [-0.4, -0.2) is 27.2 Å². The molecule has 0 aliphatic carbocycles. The van der Waals surface area contributed by atoms with Crippen LogP contribution in [0.25, 0.3) is 5.57 Å². The minimum atomic E-state index is -4.46. The van der Waals surface area contributed by atoms with E-state index in [1.807, 2.05) is 0 Å². The molecule has 4 nitrogen and oxygen atoms in total. The Kier molecular flexibility index (Phi) is 4.86. The van der Waals surface area contributed by atoms with Crippen molar-refractivity contribution >= 4 is 21.4 Å². The van der Waals surface area contributed by atoms with E-state index in [0.29, 0.717) is 28.7 Å². The molecule has 0 amide bonds. The zero-order valence-corrected chi connectivity index (χ0v) is 15.0. The molecule has 1 aliphatic rings. The van der Waals surface area contributed by atoms with E-state index in [1.165, 1.54) is 36.4 Å². The maximum Gasteiger partial charge on any atom is 0.416 e. The van der Waals surface area contributed by atoms with Gasteiger partial charge in [0.25, 0.3) is 0 Å². The molecule has 2 aromatic carbocycles. The van der Waals surface area contributed by atoms with Crippen molar-refractivity contribution in [1.29, 1.82) is 0 Å². The molecule has 8 heteroatoms. The standard InChI is InChI=1S/C19H15F3O4S/c1-27(24,25)15-8-4-13(5-9-15)17(16-10-11-26-18(16)23)12-2-6-14(7-3-12)19(20,21)22/h2-9H,10-11H2,1H3/b17-16+. The van der Waals surface area contributed by atoms with Crippen molar-refractivity contribution in [2.24, 2.45) is 0 Å². The summed E-state index contributed by atoms with van der Waals surface area (Å²) in [6, 6.07) is 10.3. The lowest BCUT2D eigenvalue weighted by Crippen LogP contribution is -2.05. The highest BCUT2D eigenvalue weighted by Gasteiger charge is 2.31. The molecular formula is C19H15F3O4S. The highest BCUT2D eigenvalue weighted by molar-refractivity contribution is 7.90. The number of hydrogen-bond acceptors (Lipinski definition) is 4. The van der Waals surface area contributed by atoms with Gasteiger partial charge in [-0.2, -0.15) is 13.2 Å². The largest absolute Gasteiger partial charge is 0.462 e. The summed E-state index contributed by atoms with van der Waals surface area (Å²) in [4.78, 5) is 12.2. The summed E-state index contributed by atoms with van der Waals surface area (Å²) in [7, 11) is -3.39. The maximum atomic E-state index is 12.8. The number of halogens is 3.